The Morgan fingerprint density at radius 3 is 2.93 bits per heavy atom. The monoisotopic (exact) mass is 374 g/mol. The molecule has 3 heterocycles. The van der Waals surface area contributed by atoms with Gasteiger partial charge in [-0.15, -0.1) is 5.10 Å². The number of rotatable bonds is 6. The number of aromatic nitrogens is 5. The quantitative estimate of drug-likeness (QED) is 0.608. The zero-order valence-corrected chi connectivity index (χ0v) is 14.1. The summed E-state index contributed by atoms with van der Waals surface area (Å²) in [5.41, 5.74) is 5.95. The van der Waals surface area contributed by atoms with Crippen molar-refractivity contribution >= 4 is 11.8 Å². The van der Waals surface area contributed by atoms with Gasteiger partial charge in [0.15, 0.2) is 17.2 Å². The highest BCUT2D eigenvalue weighted by Crippen LogP contribution is 2.35. The lowest BCUT2D eigenvalue weighted by atomic mass is 10.3. The Morgan fingerprint density at radius 2 is 2.15 bits per heavy atom. The number of nitrogens with two attached hydrogens (primary N) is 1. The van der Waals surface area contributed by atoms with Crippen molar-refractivity contribution in [3.05, 3.63) is 29.6 Å². The molecule has 140 valence electrons. The molecular weight excluding hydrogens is 360 g/mol. The number of benzene rings is 1. The molecule has 12 nitrogen and oxygen atoms in total. The number of ether oxygens (including phenoxy) is 4. The second-order valence-electron chi connectivity index (χ2n) is 5.29. The molecule has 0 unspecified atom stereocenters. The van der Waals surface area contributed by atoms with Crippen molar-refractivity contribution in [2.45, 2.75) is 13.5 Å². The van der Waals surface area contributed by atoms with Crippen LogP contribution in [0.4, 0.5) is 5.82 Å². The maximum Gasteiger partial charge on any atom is 0.360 e. The minimum Gasteiger partial charge on any atom is -0.487 e. The molecule has 0 radical (unpaired) electrons. The third-order valence-corrected chi connectivity index (χ3v) is 3.65. The Hall–Kier alpha value is -3.83. The van der Waals surface area contributed by atoms with Crippen molar-refractivity contribution in [1.82, 2.24) is 25.3 Å². The summed E-state index contributed by atoms with van der Waals surface area (Å²) < 4.78 is 27.1. The second-order valence-corrected chi connectivity index (χ2v) is 5.29. The van der Waals surface area contributed by atoms with Crippen molar-refractivity contribution in [2.75, 3.05) is 19.1 Å². The van der Waals surface area contributed by atoms with Crippen molar-refractivity contribution in [3.63, 3.8) is 0 Å². The molecular formula is C15H14N6O6. The van der Waals surface area contributed by atoms with Gasteiger partial charge in [0, 0.05) is 6.07 Å². The normalized spacial score (nSPS) is 12.2. The minimum atomic E-state index is -0.650. The highest BCUT2D eigenvalue weighted by Gasteiger charge is 2.25. The number of nitrogen functional groups attached to an aromatic ring is 1. The van der Waals surface area contributed by atoms with E-state index >= 15 is 0 Å². The van der Waals surface area contributed by atoms with Gasteiger partial charge in [0.25, 0.3) is 0 Å². The van der Waals surface area contributed by atoms with E-state index in [-0.39, 0.29) is 43.0 Å². The highest BCUT2D eigenvalue weighted by atomic mass is 16.7. The fourth-order valence-electron chi connectivity index (χ4n) is 2.42. The van der Waals surface area contributed by atoms with Crippen LogP contribution in [0.2, 0.25) is 0 Å². The Balaban J connectivity index is 1.64. The lowest BCUT2D eigenvalue weighted by Gasteiger charge is -2.09. The lowest BCUT2D eigenvalue weighted by Crippen LogP contribution is -2.13. The predicted octanol–water partition coefficient (Wildman–Crippen LogP) is 0.717. The van der Waals surface area contributed by atoms with Crippen LogP contribution in [0.25, 0.3) is 5.82 Å². The van der Waals surface area contributed by atoms with Gasteiger partial charge in [0.2, 0.25) is 18.4 Å². The summed E-state index contributed by atoms with van der Waals surface area (Å²) in [5.74, 6) is 1.11. The molecule has 0 bridgehead atoms. The van der Waals surface area contributed by atoms with Crippen LogP contribution < -0.4 is 19.9 Å². The van der Waals surface area contributed by atoms with Crippen LogP contribution in [0, 0.1) is 0 Å². The molecule has 0 fully saturated rings. The van der Waals surface area contributed by atoms with Crippen LogP contribution >= 0.6 is 0 Å². The van der Waals surface area contributed by atoms with E-state index in [2.05, 4.69) is 25.3 Å². The smallest absolute Gasteiger partial charge is 0.360 e. The third-order valence-electron chi connectivity index (χ3n) is 3.65. The molecule has 0 aliphatic carbocycles. The van der Waals surface area contributed by atoms with Gasteiger partial charge in [-0.1, -0.05) is 5.21 Å². The van der Waals surface area contributed by atoms with E-state index in [1.54, 1.807) is 25.1 Å². The number of fused-ring (bicyclic) bond motifs is 1. The van der Waals surface area contributed by atoms with Crippen LogP contribution in [0.3, 0.4) is 0 Å². The molecule has 12 heteroatoms. The van der Waals surface area contributed by atoms with E-state index < -0.39 is 5.97 Å². The SMILES string of the molecule is CCOC(=O)c1nnn(-c2nonc2N)c1COc1ccc2c(c1)OCO2. The Bertz CT molecular complexity index is 983. The third kappa shape index (κ3) is 3.07. The van der Waals surface area contributed by atoms with E-state index in [9.17, 15) is 4.79 Å². The summed E-state index contributed by atoms with van der Waals surface area (Å²) in [5, 5.41) is 14.9. The molecule has 4 rings (SSSR count). The zero-order chi connectivity index (χ0) is 18.8. The van der Waals surface area contributed by atoms with Gasteiger partial charge in [0.05, 0.1) is 6.61 Å². The molecule has 0 saturated heterocycles. The number of carbonyl (C=O) groups excluding carboxylic acids is 1. The van der Waals surface area contributed by atoms with E-state index in [0.29, 0.717) is 17.2 Å². The highest BCUT2D eigenvalue weighted by molar-refractivity contribution is 5.88. The number of hydrogen-bond donors (Lipinski definition) is 1. The molecule has 1 aliphatic rings. The van der Waals surface area contributed by atoms with Crippen molar-refractivity contribution in [3.8, 4) is 23.1 Å². The van der Waals surface area contributed by atoms with Crippen molar-refractivity contribution in [2.24, 2.45) is 0 Å². The lowest BCUT2D eigenvalue weighted by molar-refractivity contribution is 0.0516. The van der Waals surface area contributed by atoms with E-state index in [1.807, 2.05) is 0 Å². The molecule has 27 heavy (non-hydrogen) atoms. The first-order valence-corrected chi connectivity index (χ1v) is 7.90. The molecule has 2 aromatic heterocycles. The van der Waals surface area contributed by atoms with E-state index in [4.69, 9.17) is 24.7 Å². The van der Waals surface area contributed by atoms with Gasteiger partial charge in [-0.3, -0.25) is 0 Å². The van der Waals surface area contributed by atoms with Crippen molar-refractivity contribution in [1.29, 1.82) is 0 Å². The number of esters is 1. The van der Waals surface area contributed by atoms with E-state index in [1.165, 1.54) is 4.68 Å². The Kier molecular flexibility index (Phi) is 4.20. The number of nitrogens with zero attached hydrogens (tertiary/aromatic N) is 5. The predicted molar refractivity (Wildman–Crippen MR) is 86.5 cm³/mol. The van der Waals surface area contributed by atoms with Gasteiger partial charge < -0.3 is 24.7 Å². The standard InChI is InChI=1S/C15H14N6O6/c1-2-23-15(22)12-9(21(20-17-12)14-13(16)18-27-19-14)6-24-8-3-4-10-11(5-8)26-7-25-10/h3-5H,2,6-7H2,1H3,(H2,16,18). The Labute approximate surface area is 151 Å². The first-order chi connectivity index (χ1) is 13.2. The molecule has 0 atom stereocenters. The van der Waals surface area contributed by atoms with Gasteiger partial charge >= 0.3 is 5.97 Å². The summed E-state index contributed by atoms with van der Waals surface area (Å²) >= 11 is 0. The topological polar surface area (TPSA) is 150 Å². The van der Waals surface area contributed by atoms with Crippen LogP contribution in [0.5, 0.6) is 17.2 Å². The summed E-state index contributed by atoms with van der Waals surface area (Å²) in [6.45, 7) is 1.94. The summed E-state index contributed by atoms with van der Waals surface area (Å²) in [7, 11) is 0. The van der Waals surface area contributed by atoms with Crippen LogP contribution in [0.1, 0.15) is 23.1 Å². The maximum absolute atomic E-state index is 12.2. The molecule has 1 aromatic carbocycles. The van der Waals surface area contributed by atoms with Gasteiger partial charge in [-0.05, 0) is 29.4 Å². The van der Waals surface area contributed by atoms with E-state index in [0.717, 1.165) is 0 Å². The number of carbonyl (C=O) groups is 1. The first-order valence-electron chi connectivity index (χ1n) is 7.90. The molecule has 3 aromatic rings. The number of hydrogen-bond acceptors (Lipinski definition) is 11. The summed E-state index contributed by atoms with van der Waals surface area (Å²) in [4.78, 5) is 12.2. The first kappa shape index (κ1) is 16.6. The fraction of sp³-hybridized carbons (Fsp3) is 0.267. The molecule has 1 aliphatic heterocycles. The second kappa shape index (κ2) is 6.82. The summed E-state index contributed by atoms with van der Waals surface area (Å²) in [6, 6.07) is 5.10. The average molecular weight is 374 g/mol. The van der Waals surface area contributed by atoms with Gasteiger partial charge in [-0.25, -0.2) is 9.42 Å². The molecule has 2 N–H and O–H groups in total. The maximum atomic E-state index is 12.2. The van der Waals surface area contributed by atoms with Crippen LogP contribution in [-0.4, -0.2) is 44.7 Å². The number of anilines is 1. The summed E-state index contributed by atoms with van der Waals surface area (Å²) in [6.07, 6.45) is 0. The molecule has 0 spiro atoms. The molecule has 0 amide bonds. The minimum absolute atomic E-state index is 0.0142. The van der Waals surface area contributed by atoms with Crippen molar-refractivity contribution < 1.29 is 28.4 Å². The largest absolute Gasteiger partial charge is 0.487 e. The zero-order valence-electron chi connectivity index (χ0n) is 14.1. The van der Waals surface area contributed by atoms with Gasteiger partial charge in [-0.2, -0.15) is 4.68 Å². The average Bonchev–Trinajstić information content (AvgIpc) is 3.38. The van der Waals surface area contributed by atoms with Crippen LogP contribution in [0.15, 0.2) is 22.8 Å². The van der Waals surface area contributed by atoms with Crippen LogP contribution in [-0.2, 0) is 11.3 Å². The molecule has 0 saturated carbocycles. The Morgan fingerprint density at radius 1 is 1.30 bits per heavy atom. The van der Waals surface area contributed by atoms with Gasteiger partial charge in [0.1, 0.15) is 18.1 Å². The fourth-order valence-corrected chi connectivity index (χ4v) is 2.42.